The van der Waals surface area contributed by atoms with E-state index in [2.05, 4.69) is 39.1 Å². The van der Waals surface area contributed by atoms with Gasteiger partial charge in [-0.05, 0) is 23.6 Å². The standard InChI is InChI=1S/C17H24N2O/c1-13(2)16(12-19-14(3)4)11-15-5-7-17(8-6-15)20-10-9-18/h5-8,11,13-14,19H,10,12H2,1-4H3. The molecule has 0 aliphatic carbocycles. The zero-order chi connectivity index (χ0) is 15.0. The van der Waals surface area contributed by atoms with Crippen LogP contribution in [0.5, 0.6) is 5.75 Å². The summed E-state index contributed by atoms with van der Waals surface area (Å²) in [5, 5.41) is 11.9. The Morgan fingerprint density at radius 2 is 1.90 bits per heavy atom. The second kappa shape index (κ2) is 8.39. The molecule has 1 aromatic carbocycles. The number of benzene rings is 1. The van der Waals surface area contributed by atoms with Crippen molar-refractivity contribution < 1.29 is 4.74 Å². The molecule has 0 aromatic heterocycles. The van der Waals surface area contributed by atoms with Crippen LogP contribution in [0.2, 0.25) is 0 Å². The molecule has 0 fully saturated rings. The molecule has 1 N–H and O–H groups in total. The Labute approximate surface area is 122 Å². The summed E-state index contributed by atoms with van der Waals surface area (Å²) in [4.78, 5) is 0. The zero-order valence-corrected chi connectivity index (χ0v) is 12.8. The first kappa shape index (κ1) is 16.3. The maximum atomic E-state index is 8.47. The molecule has 0 aliphatic rings. The molecule has 0 bridgehead atoms. The normalized spacial score (nSPS) is 11.8. The highest BCUT2D eigenvalue weighted by atomic mass is 16.5. The van der Waals surface area contributed by atoms with E-state index in [4.69, 9.17) is 10.00 Å². The summed E-state index contributed by atoms with van der Waals surface area (Å²) in [7, 11) is 0. The molecular weight excluding hydrogens is 248 g/mol. The van der Waals surface area contributed by atoms with Crippen LogP contribution in [-0.2, 0) is 0 Å². The fourth-order valence-corrected chi connectivity index (χ4v) is 1.73. The number of ether oxygens (including phenoxy) is 1. The minimum atomic E-state index is 0.0880. The van der Waals surface area contributed by atoms with Crippen LogP contribution in [0.4, 0.5) is 0 Å². The van der Waals surface area contributed by atoms with Gasteiger partial charge >= 0.3 is 0 Å². The fraction of sp³-hybridized carbons (Fsp3) is 0.471. The van der Waals surface area contributed by atoms with Crippen LogP contribution in [0.15, 0.2) is 29.8 Å². The minimum Gasteiger partial charge on any atom is -0.479 e. The van der Waals surface area contributed by atoms with Gasteiger partial charge in [-0.2, -0.15) is 5.26 Å². The lowest BCUT2D eigenvalue weighted by Crippen LogP contribution is -2.26. The van der Waals surface area contributed by atoms with E-state index < -0.39 is 0 Å². The summed E-state index contributed by atoms with van der Waals surface area (Å²) >= 11 is 0. The average molecular weight is 272 g/mol. The van der Waals surface area contributed by atoms with Crippen LogP contribution in [0.1, 0.15) is 33.3 Å². The minimum absolute atomic E-state index is 0.0880. The Morgan fingerprint density at radius 1 is 1.25 bits per heavy atom. The fourth-order valence-electron chi connectivity index (χ4n) is 1.73. The molecule has 1 rings (SSSR count). The van der Waals surface area contributed by atoms with Gasteiger partial charge in [0, 0.05) is 12.6 Å². The summed E-state index contributed by atoms with van der Waals surface area (Å²) in [6, 6.07) is 10.3. The van der Waals surface area contributed by atoms with Crippen molar-refractivity contribution in [1.29, 1.82) is 5.26 Å². The van der Waals surface area contributed by atoms with Crippen LogP contribution in [-0.4, -0.2) is 19.2 Å². The molecule has 108 valence electrons. The summed E-state index contributed by atoms with van der Waals surface area (Å²) in [5.74, 6) is 1.24. The molecule has 0 spiro atoms. The molecule has 0 heterocycles. The van der Waals surface area contributed by atoms with Crippen molar-refractivity contribution in [2.45, 2.75) is 33.7 Å². The van der Waals surface area contributed by atoms with Crippen molar-refractivity contribution in [3.05, 3.63) is 35.4 Å². The average Bonchev–Trinajstić information content (AvgIpc) is 2.42. The number of hydrogen-bond acceptors (Lipinski definition) is 3. The summed E-state index contributed by atoms with van der Waals surface area (Å²) < 4.78 is 5.25. The molecular formula is C17H24N2O. The first-order chi connectivity index (χ1) is 9.52. The second-order valence-corrected chi connectivity index (χ2v) is 5.43. The van der Waals surface area contributed by atoms with Gasteiger partial charge < -0.3 is 10.1 Å². The number of rotatable bonds is 7. The van der Waals surface area contributed by atoms with Crippen molar-refractivity contribution in [3.8, 4) is 11.8 Å². The molecule has 3 heteroatoms. The quantitative estimate of drug-likeness (QED) is 0.824. The van der Waals surface area contributed by atoms with Crippen molar-refractivity contribution in [2.24, 2.45) is 5.92 Å². The van der Waals surface area contributed by atoms with Crippen LogP contribution in [0, 0.1) is 17.2 Å². The number of nitrogens with one attached hydrogen (secondary N) is 1. The van der Waals surface area contributed by atoms with E-state index in [1.54, 1.807) is 0 Å². The monoisotopic (exact) mass is 272 g/mol. The maximum absolute atomic E-state index is 8.47. The Balaban J connectivity index is 2.75. The van der Waals surface area contributed by atoms with Crippen LogP contribution >= 0.6 is 0 Å². The first-order valence-corrected chi connectivity index (χ1v) is 7.06. The van der Waals surface area contributed by atoms with Gasteiger partial charge in [0.05, 0.1) is 0 Å². The van der Waals surface area contributed by atoms with E-state index in [1.807, 2.05) is 30.3 Å². The predicted octanol–water partition coefficient (Wildman–Crippen LogP) is 3.63. The van der Waals surface area contributed by atoms with Gasteiger partial charge in [0.2, 0.25) is 0 Å². The zero-order valence-electron chi connectivity index (χ0n) is 12.8. The molecule has 3 nitrogen and oxygen atoms in total. The first-order valence-electron chi connectivity index (χ1n) is 7.06. The third-order valence-corrected chi connectivity index (χ3v) is 2.99. The second-order valence-electron chi connectivity index (χ2n) is 5.43. The Bertz CT molecular complexity index is 467. The number of hydrogen-bond donors (Lipinski definition) is 1. The molecule has 0 aliphatic heterocycles. The van der Waals surface area contributed by atoms with Gasteiger partial charge in [-0.1, -0.05) is 51.5 Å². The molecule has 1 aromatic rings. The van der Waals surface area contributed by atoms with Crippen LogP contribution in [0.3, 0.4) is 0 Å². The third kappa shape index (κ3) is 5.90. The van der Waals surface area contributed by atoms with E-state index in [9.17, 15) is 0 Å². The Kier molecular flexibility index (Phi) is 6.83. The summed E-state index contributed by atoms with van der Waals surface area (Å²) in [6.07, 6.45) is 2.22. The Morgan fingerprint density at radius 3 is 2.40 bits per heavy atom. The van der Waals surface area contributed by atoms with Gasteiger partial charge in [0.15, 0.2) is 6.61 Å². The largest absolute Gasteiger partial charge is 0.479 e. The SMILES string of the molecule is CC(C)NCC(=Cc1ccc(OCC#N)cc1)C(C)C. The van der Waals surface area contributed by atoms with Crippen molar-refractivity contribution in [3.63, 3.8) is 0 Å². The molecule has 0 unspecified atom stereocenters. The number of nitriles is 1. The smallest absolute Gasteiger partial charge is 0.174 e. The molecule has 0 saturated heterocycles. The van der Waals surface area contributed by atoms with Crippen molar-refractivity contribution >= 4 is 6.08 Å². The predicted molar refractivity (Wildman–Crippen MR) is 83.5 cm³/mol. The lowest BCUT2D eigenvalue weighted by Gasteiger charge is -2.15. The van der Waals surface area contributed by atoms with Gasteiger partial charge in [-0.15, -0.1) is 0 Å². The summed E-state index contributed by atoms with van der Waals surface area (Å²) in [6.45, 7) is 9.71. The van der Waals surface area contributed by atoms with E-state index in [0.717, 1.165) is 17.9 Å². The van der Waals surface area contributed by atoms with E-state index in [1.165, 1.54) is 5.57 Å². The van der Waals surface area contributed by atoms with E-state index >= 15 is 0 Å². The van der Waals surface area contributed by atoms with Crippen LogP contribution < -0.4 is 10.1 Å². The highest BCUT2D eigenvalue weighted by Crippen LogP contribution is 2.17. The Hall–Kier alpha value is -1.79. The molecule has 0 atom stereocenters. The lowest BCUT2D eigenvalue weighted by molar-refractivity contribution is 0.368. The highest BCUT2D eigenvalue weighted by Gasteiger charge is 2.04. The molecule has 0 amide bonds. The molecule has 0 radical (unpaired) electrons. The topological polar surface area (TPSA) is 45.0 Å². The number of nitrogens with zero attached hydrogens (tertiary/aromatic N) is 1. The molecule has 0 saturated carbocycles. The van der Waals surface area contributed by atoms with E-state index in [0.29, 0.717) is 12.0 Å². The van der Waals surface area contributed by atoms with Gasteiger partial charge in [0.25, 0.3) is 0 Å². The molecule has 20 heavy (non-hydrogen) atoms. The highest BCUT2D eigenvalue weighted by molar-refractivity contribution is 5.54. The third-order valence-electron chi connectivity index (χ3n) is 2.99. The van der Waals surface area contributed by atoms with Crippen LogP contribution in [0.25, 0.3) is 6.08 Å². The summed E-state index contributed by atoms with van der Waals surface area (Å²) in [5.41, 5.74) is 2.54. The van der Waals surface area contributed by atoms with Gasteiger partial charge in [-0.3, -0.25) is 0 Å². The van der Waals surface area contributed by atoms with Crippen molar-refractivity contribution in [1.82, 2.24) is 5.32 Å². The lowest BCUT2D eigenvalue weighted by atomic mass is 10.00. The van der Waals surface area contributed by atoms with Gasteiger partial charge in [-0.25, -0.2) is 0 Å². The van der Waals surface area contributed by atoms with Crippen molar-refractivity contribution in [2.75, 3.05) is 13.2 Å². The van der Waals surface area contributed by atoms with Gasteiger partial charge in [0.1, 0.15) is 11.8 Å². The maximum Gasteiger partial charge on any atom is 0.174 e. The van der Waals surface area contributed by atoms with E-state index in [-0.39, 0.29) is 6.61 Å².